The summed E-state index contributed by atoms with van der Waals surface area (Å²) in [5.74, 6) is 1.64. The van der Waals surface area contributed by atoms with E-state index in [2.05, 4.69) is 31.9 Å². The predicted molar refractivity (Wildman–Crippen MR) is 109 cm³/mol. The Balaban J connectivity index is 2.09. The Bertz CT molecular complexity index is 903. The molecule has 26 heavy (non-hydrogen) atoms. The fraction of sp³-hybridized carbons (Fsp3) is 0.250. The van der Waals surface area contributed by atoms with E-state index in [1.165, 1.54) is 0 Å². The summed E-state index contributed by atoms with van der Waals surface area (Å²) in [7, 11) is 4.70. The number of benzene rings is 2. The van der Waals surface area contributed by atoms with Gasteiger partial charge in [-0.1, -0.05) is 22.0 Å². The fourth-order valence-electron chi connectivity index (χ4n) is 3.10. The Labute approximate surface area is 169 Å². The van der Waals surface area contributed by atoms with Crippen molar-refractivity contribution in [3.05, 3.63) is 55.5 Å². The van der Waals surface area contributed by atoms with Crippen LogP contribution in [0.25, 0.3) is 6.08 Å². The zero-order valence-electron chi connectivity index (χ0n) is 14.7. The number of hydrogen-bond donors (Lipinski definition) is 0. The van der Waals surface area contributed by atoms with E-state index in [0.717, 1.165) is 37.6 Å². The number of ether oxygens (including phenoxy) is 3. The molecule has 3 rings (SSSR count). The van der Waals surface area contributed by atoms with Gasteiger partial charge in [0.15, 0.2) is 17.3 Å². The fourth-order valence-corrected chi connectivity index (χ4v) is 4.04. The number of carbonyl (C=O) groups is 1. The Morgan fingerprint density at radius 2 is 1.69 bits per heavy atom. The summed E-state index contributed by atoms with van der Waals surface area (Å²) >= 11 is 7.01. The molecule has 1 aliphatic carbocycles. The van der Waals surface area contributed by atoms with Crippen molar-refractivity contribution in [2.45, 2.75) is 12.8 Å². The Morgan fingerprint density at radius 1 is 0.962 bits per heavy atom. The maximum Gasteiger partial charge on any atom is 0.204 e. The summed E-state index contributed by atoms with van der Waals surface area (Å²) in [6.45, 7) is 0. The molecule has 0 radical (unpaired) electrons. The van der Waals surface area contributed by atoms with E-state index in [-0.39, 0.29) is 5.78 Å². The van der Waals surface area contributed by atoms with Crippen LogP contribution in [-0.2, 0) is 6.42 Å². The van der Waals surface area contributed by atoms with Crippen molar-refractivity contribution in [3.63, 3.8) is 0 Å². The quantitative estimate of drug-likeness (QED) is 0.544. The third kappa shape index (κ3) is 3.40. The van der Waals surface area contributed by atoms with Gasteiger partial charge in [0.05, 0.1) is 25.8 Å². The molecule has 2 aromatic carbocycles. The second-order valence-electron chi connectivity index (χ2n) is 5.85. The Hall–Kier alpha value is -1.79. The first-order chi connectivity index (χ1) is 12.5. The molecule has 2 aromatic rings. The van der Waals surface area contributed by atoms with Gasteiger partial charge in [-0.25, -0.2) is 0 Å². The van der Waals surface area contributed by atoms with Crippen molar-refractivity contribution < 1.29 is 19.0 Å². The number of aryl methyl sites for hydroxylation is 1. The third-order valence-corrected chi connectivity index (χ3v) is 5.71. The number of hydrogen-bond acceptors (Lipinski definition) is 4. The number of carbonyl (C=O) groups excluding carboxylic acids is 1. The summed E-state index contributed by atoms with van der Waals surface area (Å²) < 4.78 is 17.9. The molecule has 0 fully saturated rings. The predicted octanol–water partition coefficient (Wildman–Crippen LogP) is 5.45. The minimum Gasteiger partial charge on any atom is -0.493 e. The number of fused-ring (bicyclic) bond motifs is 1. The molecular formula is C20H18Br2O4. The smallest absolute Gasteiger partial charge is 0.204 e. The molecule has 0 atom stereocenters. The molecule has 6 heteroatoms. The molecule has 0 N–H and O–H groups in total. The minimum atomic E-state index is 0.0493. The van der Waals surface area contributed by atoms with E-state index in [1.807, 2.05) is 30.3 Å². The van der Waals surface area contributed by atoms with Gasteiger partial charge in [-0.15, -0.1) is 0 Å². The maximum absolute atomic E-state index is 12.9. The summed E-state index contributed by atoms with van der Waals surface area (Å²) in [4.78, 5) is 12.9. The average molecular weight is 482 g/mol. The molecule has 0 aliphatic heterocycles. The maximum atomic E-state index is 12.9. The summed E-state index contributed by atoms with van der Waals surface area (Å²) in [6.07, 6.45) is 3.42. The number of methoxy groups -OCH3 is 3. The molecule has 0 amide bonds. The molecule has 0 spiro atoms. The third-order valence-electron chi connectivity index (χ3n) is 4.40. The van der Waals surface area contributed by atoms with E-state index in [4.69, 9.17) is 14.2 Å². The topological polar surface area (TPSA) is 44.8 Å². The lowest BCUT2D eigenvalue weighted by Gasteiger charge is -2.19. The number of rotatable bonds is 4. The van der Waals surface area contributed by atoms with Crippen LogP contribution in [-0.4, -0.2) is 27.1 Å². The number of ketones is 1. The van der Waals surface area contributed by atoms with Crippen molar-refractivity contribution in [2.75, 3.05) is 21.3 Å². The Morgan fingerprint density at radius 3 is 2.35 bits per heavy atom. The van der Waals surface area contributed by atoms with Crippen LogP contribution >= 0.6 is 31.9 Å². The van der Waals surface area contributed by atoms with E-state index < -0.39 is 0 Å². The van der Waals surface area contributed by atoms with Crippen LogP contribution in [0.5, 0.6) is 17.2 Å². The number of allylic oxidation sites excluding steroid dienone is 1. The van der Waals surface area contributed by atoms with Crippen molar-refractivity contribution in [3.8, 4) is 17.2 Å². The molecule has 136 valence electrons. The van der Waals surface area contributed by atoms with Gasteiger partial charge in [-0.2, -0.15) is 0 Å². The Kier molecular flexibility index (Phi) is 5.73. The van der Waals surface area contributed by atoms with Crippen LogP contribution in [0, 0.1) is 0 Å². The van der Waals surface area contributed by atoms with Crippen LogP contribution in [0.2, 0.25) is 0 Å². The first kappa shape index (κ1) is 19.0. The summed E-state index contributed by atoms with van der Waals surface area (Å²) in [5, 5.41) is 0. The molecule has 4 nitrogen and oxygen atoms in total. The second-order valence-corrected chi connectivity index (χ2v) is 7.56. The summed E-state index contributed by atoms with van der Waals surface area (Å²) in [6, 6.07) is 7.69. The average Bonchev–Trinajstić information content (AvgIpc) is 2.65. The van der Waals surface area contributed by atoms with Gasteiger partial charge in [-0.3, -0.25) is 4.79 Å². The van der Waals surface area contributed by atoms with Gasteiger partial charge >= 0.3 is 0 Å². The molecule has 0 saturated heterocycles. The van der Waals surface area contributed by atoms with Crippen LogP contribution in [0.4, 0.5) is 0 Å². The monoisotopic (exact) mass is 480 g/mol. The van der Waals surface area contributed by atoms with E-state index >= 15 is 0 Å². The van der Waals surface area contributed by atoms with E-state index in [1.54, 1.807) is 21.3 Å². The second kappa shape index (κ2) is 7.84. The molecule has 0 heterocycles. The van der Waals surface area contributed by atoms with Gasteiger partial charge < -0.3 is 14.2 Å². The lowest BCUT2D eigenvalue weighted by molar-refractivity contribution is 0.102. The van der Waals surface area contributed by atoms with Gasteiger partial charge in [-0.05, 0) is 64.2 Å². The van der Waals surface area contributed by atoms with Crippen LogP contribution < -0.4 is 14.2 Å². The molecule has 0 bridgehead atoms. The minimum absolute atomic E-state index is 0.0493. The van der Waals surface area contributed by atoms with Crippen LogP contribution in [0.3, 0.4) is 0 Å². The van der Waals surface area contributed by atoms with Crippen molar-refractivity contribution in [1.29, 1.82) is 0 Å². The van der Waals surface area contributed by atoms with Gasteiger partial charge in [0, 0.05) is 15.6 Å². The SMILES string of the molecule is COc1cc(/C=C2\CCc3ccc(Br)cc3C2=O)c(Br)c(OC)c1OC. The lowest BCUT2D eigenvalue weighted by Crippen LogP contribution is -2.14. The number of Topliss-reactive ketones (excluding diaryl/α,β-unsaturated/α-hetero) is 1. The zero-order chi connectivity index (χ0) is 18.8. The van der Waals surface area contributed by atoms with E-state index in [0.29, 0.717) is 23.7 Å². The number of halogens is 2. The highest BCUT2D eigenvalue weighted by Crippen LogP contribution is 2.45. The first-order valence-electron chi connectivity index (χ1n) is 8.02. The highest BCUT2D eigenvalue weighted by molar-refractivity contribution is 9.10. The standard InChI is InChI=1S/C20H18Br2O4/c1-24-16-9-13(17(22)20(26-3)19(16)25-2)8-12-5-4-11-6-7-14(21)10-15(11)18(12)23/h6-10H,4-5H2,1-3H3/b12-8+. The molecule has 1 aliphatic rings. The van der Waals surface area contributed by atoms with Gasteiger partial charge in [0.1, 0.15) is 0 Å². The molecular weight excluding hydrogens is 464 g/mol. The van der Waals surface area contributed by atoms with Gasteiger partial charge in [0.2, 0.25) is 5.75 Å². The van der Waals surface area contributed by atoms with E-state index in [9.17, 15) is 4.79 Å². The molecule has 0 saturated carbocycles. The summed E-state index contributed by atoms with van der Waals surface area (Å²) in [5.41, 5.74) is 3.40. The van der Waals surface area contributed by atoms with Crippen molar-refractivity contribution >= 4 is 43.7 Å². The van der Waals surface area contributed by atoms with Gasteiger partial charge in [0.25, 0.3) is 0 Å². The highest BCUT2D eigenvalue weighted by atomic mass is 79.9. The van der Waals surface area contributed by atoms with Crippen molar-refractivity contribution in [2.24, 2.45) is 0 Å². The lowest BCUT2D eigenvalue weighted by atomic mass is 9.86. The zero-order valence-corrected chi connectivity index (χ0v) is 17.9. The largest absolute Gasteiger partial charge is 0.493 e. The molecule has 0 unspecified atom stereocenters. The normalized spacial score (nSPS) is 15.0. The van der Waals surface area contributed by atoms with Crippen LogP contribution in [0.1, 0.15) is 27.9 Å². The highest BCUT2D eigenvalue weighted by Gasteiger charge is 2.24. The van der Waals surface area contributed by atoms with Crippen LogP contribution in [0.15, 0.2) is 38.8 Å². The molecule has 0 aromatic heterocycles. The first-order valence-corrected chi connectivity index (χ1v) is 9.61. The van der Waals surface area contributed by atoms with Crippen molar-refractivity contribution in [1.82, 2.24) is 0 Å².